The quantitative estimate of drug-likeness (QED) is 0.315. The van der Waals surface area contributed by atoms with E-state index in [0.29, 0.717) is 17.4 Å². The number of unbranched alkanes of at least 4 members (excludes halogenated alkanes) is 8. The van der Waals surface area contributed by atoms with Crippen LogP contribution in [0.3, 0.4) is 0 Å². The first-order valence-electron chi connectivity index (χ1n) is 9.90. The summed E-state index contributed by atoms with van der Waals surface area (Å²) in [7, 11) is 5.97. The molecule has 0 aliphatic heterocycles. The van der Waals surface area contributed by atoms with Crippen molar-refractivity contribution in [3.05, 3.63) is 0 Å². The Morgan fingerprint density at radius 1 is 0.920 bits per heavy atom. The predicted molar refractivity (Wildman–Crippen MR) is 102 cm³/mol. The van der Waals surface area contributed by atoms with Crippen molar-refractivity contribution >= 4 is 11.8 Å². The number of ketones is 1. The van der Waals surface area contributed by atoms with Crippen LogP contribution in [0.5, 0.6) is 0 Å². The Morgan fingerprint density at radius 2 is 1.44 bits per heavy atom. The van der Waals surface area contributed by atoms with Crippen LogP contribution in [0.25, 0.3) is 0 Å². The number of rotatable bonds is 17. The molecule has 0 aliphatic carbocycles. The van der Waals surface area contributed by atoms with Gasteiger partial charge in [-0.2, -0.15) is 0 Å². The predicted octanol–water partition coefficient (Wildman–Crippen LogP) is 4.04. The summed E-state index contributed by atoms with van der Waals surface area (Å²) in [5.41, 5.74) is 0. The van der Waals surface area contributed by atoms with Crippen molar-refractivity contribution in [3.63, 3.8) is 0 Å². The largest absolute Gasteiger partial charge is 0.481 e. The molecule has 25 heavy (non-hydrogen) atoms. The molecule has 0 fully saturated rings. The minimum absolute atomic E-state index is 0.0367. The number of aliphatic carboxylic acids is 1. The number of hydrogen-bond donors (Lipinski definition) is 1. The fourth-order valence-corrected chi connectivity index (χ4v) is 2.90. The summed E-state index contributed by atoms with van der Waals surface area (Å²) >= 11 is 0. The van der Waals surface area contributed by atoms with Crippen LogP contribution in [0.1, 0.15) is 77.6 Å². The Bertz CT molecular complexity index is 363. The van der Waals surface area contributed by atoms with Gasteiger partial charge in [0, 0.05) is 6.42 Å². The molecule has 0 heterocycles. The fourth-order valence-electron chi connectivity index (χ4n) is 2.90. The lowest BCUT2D eigenvalue weighted by atomic mass is 10.1. The molecule has 1 unspecified atom stereocenters. The number of likely N-dealkylation sites (N-methyl/N-ethyl adjacent to an activating group) is 1. The molecule has 0 bridgehead atoms. The lowest BCUT2D eigenvalue weighted by molar-refractivity contribution is -0.873. The van der Waals surface area contributed by atoms with E-state index in [4.69, 9.17) is 9.84 Å². The number of carboxylic acid groups (broad SMARTS) is 1. The van der Waals surface area contributed by atoms with Crippen molar-refractivity contribution < 1.29 is 23.9 Å². The molecule has 0 saturated carbocycles. The number of hydrogen-bond acceptors (Lipinski definition) is 3. The average molecular weight is 359 g/mol. The van der Waals surface area contributed by atoms with Crippen LogP contribution in [0, 0.1) is 0 Å². The van der Waals surface area contributed by atoms with Gasteiger partial charge in [-0.15, -0.1) is 0 Å². The zero-order chi connectivity index (χ0) is 19.1. The van der Waals surface area contributed by atoms with E-state index >= 15 is 0 Å². The minimum Gasteiger partial charge on any atom is -0.481 e. The maximum absolute atomic E-state index is 11.9. The maximum Gasteiger partial charge on any atom is 0.306 e. The second-order valence-electron chi connectivity index (χ2n) is 8.12. The van der Waals surface area contributed by atoms with E-state index < -0.39 is 12.1 Å². The summed E-state index contributed by atoms with van der Waals surface area (Å²) in [4.78, 5) is 22.9. The number of carboxylic acids is 1. The molecular weight excluding hydrogens is 318 g/mol. The first-order valence-corrected chi connectivity index (χ1v) is 9.90. The summed E-state index contributed by atoms with van der Waals surface area (Å²) < 4.78 is 6.19. The molecule has 0 spiro atoms. The second kappa shape index (κ2) is 14.3. The first kappa shape index (κ1) is 24.1. The van der Waals surface area contributed by atoms with Gasteiger partial charge >= 0.3 is 5.97 Å². The van der Waals surface area contributed by atoms with Crippen molar-refractivity contribution in [1.82, 2.24) is 0 Å². The number of carbonyl (C=O) groups excluding carboxylic acids is 1. The normalized spacial score (nSPS) is 13.0. The summed E-state index contributed by atoms with van der Waals surface area (Å²) in [5.74, 6) is -0.801. The summed E-state index contributed by atoms with van der Waals surface area (Å²) in [6.45, 7) is 2.85. The molecule has 0 aromatic heterocycles. The molecule has 0 aromatic carbocycles. The van der Waals surface area contributed by atoms with Crippen molar-refractivity contribution in [3.8, 4) is 0 Å². The van der Waals surface area contributed by atoms with Crippen LogP contribution < -0.4 is 0 Å². The van der Waals surface area contributed by atoms with Crippen molar-refractivity contribution in [2.45, 2.75) is 83.7 Å². The maximum atomic E-state index is 11.9. The van der Waals surface area contributed by atoms with Gasteiger partial charge in [0.05, 0.1) is 27.6 Å². The van der Waals surface area contributed by atoms with E-state index in [-0.39, 0.29) is 18.8 Å². The van der Waals surface area contributed by atoms with Crippen LogP contribution in [-0.2, 0) is 14.3 Å². The third-order valence-electron chi connectivity index (χ3n) is 4.19. The van der Waals surface area contributed by atoms with Gasteiger partial charge in [-0.25, -0.2) is 0 Å². The number of quaternary nitrogens is 1. The van der Waals surface area contributed by atoms with Gasteiger partial charge in [-0.1, -0.05) is 58.3 Å². The van der Waals surface area contributed by atoms with Gasteiger partial charge in [0.25, 0.3) is 0 Å². The third kappa shape index (κ3) is 17.7. The number of ether oxygens (including phenoxy) is 1. The van der Waals surface area contributed by atoms with Crippen molar-refractivity contribution in [1.29, 1.82) is 0 Å². The van der Waals surface area contributed by atoms with Crippen LogP contribution in [0.15, 0.2) is 0 Å². The van der Waals surface area contributed by atoms with E-state index in [1.165, 1.54) is 44.9 Å². The minimum atomic E-state index is -0.884. The molecule has 148 valence electrons. The molecule has 0 saturated heterocycles. The number of Topliss-reactive ketones (excluding diaryl/α,β-unsaturated/α-hetero) is 1. The molecule has 0 amide bonds. The highest BCUT2D eigenvalue weighted by atomic mass is 16.5. The molecule has 1 N–H and O–H groups in total. The molecule has 0 radical (unpaired) electrons. The van der Waals surface area contributed by atoms with E-state index in [1.54, 1.807) is 0 Å². The van der Waals surface area contributed by atoms with E-state index in [0.717, 1.165) is 12.8 Å². The van der Waals surface area contributed by atoms with Crippen molar-refractivity contribution in [2.75, 3.05) is 34.3 Å². The molecule has 1 atom stereocenters. The highest BCUT2D eigenvalue weighted by molar-refractivity contribution is 5.79. The van der Waals surface area contributed by atoms with Gasteiger partial charge in [-0.3, -0.25) is 9.59 Å². The highest BCUT2D eigenvalue weighted by Crippen LogP contribution is 2.11. The topological polar surface area (TPSA) is 63.6 Å². The van der Waals surface area contributed by atoms with E-state index in [9.17, 15) is 9.59 Å². The number of nitrogens with zero attached hydrogens (tertiary/aromatic N) is 1. The van der Waals surface area contributed by atoms with Crippen LogP contribution in [-0.4, -0.2) is 61.7 Å². The summed E-state index contributed by atoms with van der Waals surface area (Å²) in [6.07, 6.45) is 11.1. The summed E-state index contributed by atoms with van der Waals surface area (Å²) in [5, 5.41) is 8.97. The lowest BCUT2D eigenvalue weighted by Crippen LogP contribution is -2.43. The second-order valence-corrected chi connectivity index (χ2v) is 8.12. The molecule has 0 aliphatic rings. The molecule has 5 heteroatoms. The monoisotopic (exact) mass is 358 g/mol. The Kier molecular flexibility index (Phi) is 13.7. The molecule has 0 rings (SSSR count). The summed E-state index contributed by atoms with van der Waals surface area (Å²) in [6, 6.07) is 0. The third-order valence-corrected chi connectivity index (χ3v) is 4.19. The fraction of sp³-hybridized carbons (Fsp3) is 0.900. The SMILES string of the molecule is CCCCCCCCCCCC(=O)COC(CC(=O)O)C[N+](C)(C)C. The molecule has 0 aromatic rings. The Morgan fingerprint density at radius 3 is 1.92 bits per heavy atom. The zero-order valence-electron chi connectivity index (χ0n) is 16.9. The standard InChI is InChI=1S/C20H39NO4/c1-5-6-7-8-9-10-11-12-13-14-18(22)17-25-19(15-20(23)24)16-21(2,3)4/h19H,5-17H2,1-4H3/p+1. The zero-order valence-corrected chi connectivity index (χ0v) is 16.9. The average Bonchev–Trinajstić information content (AvgIpc) is 2.49. The lowest BCUT2D eigenvalue weighted by Gasteiger charge is -2.28. The highest BCUT2D eigenvalue weighted by Gasteiger charge is 2.22. The first-order chi connectivity index (χ1) is 11.7. The van der Waals surface area contributed by atoms with E-state index in [1.807, 2.05) is 21.1 Å². The van der Waals surface area contributed by atoms with Gasteiger partial charge < -0.3 is 14.3 Å². The Labute approximate surface area is 154 Å². The van der Waals surface area contributed by atoms with Gasteiger partial charge in [-0.05, 0) is 6.42 Å². The van der Waals surface area contributed by atoms with Gasteiger partial charge in [0.1, 0.15) is 19.3 Å². The molecule has 5 nitrogen and oxygen atoms in total. The molecular formula is C20H40NO4+. The van der Waals surface area contributed by atoms with Crippen LogP contribution in [0.2, 0.25) is 0 Å². The van der Waals surface area contributed by atoms with Crippen LogP contribution in [0.4, 0.5) is 0 Å². The van der Waals surface area contributed by atoms with Gasteiger partial charge in [0.15, 0.2) is 5.78 Å². The van der Waals surface area contributed by atoms with Gasteiger partial charge in [0.2, 0.25) is 0 Å². The van der Waals surface area contributed by atoms with Crippen LogP contribution >= 0.6 is 0 Å². The smallest absolute Gasteiger partial charge is 0.306 e. The van der Waals surface area contributed by atoms with Crippen molar-refractivity contribution in [2.24, 2.45) is 0 Å². The number of carbonyl (C=O) groups is 2. The van der Waals surface area contributed by atoms with E-state index in [2.05, 4.69) is 6.92 Å². The Hall–Kier alpha value is -0.940. The Balaban J connectivity index is 3.76.